The Bertz CT molecular complexity index is 3200. The minimum absolute atomic E-state index is 0.00664. The minimum atomic E-state index is -1.42. The third kappa shape index (κ3) is 24.8. The number of H-pyrrole nitrogens is 1. The number of fused-ring (bicyclic) bond motifs is 1. The zero-order chi connectivity index (χ0) is 69.6. The number of phenols is 1. The fourth-order valence-corrected chi connectivity index (χ4v) is 11.8. The molecule has 1 fully saturated rings. The van der Waals surface area contributed by atoms with Crippen LogP contribution in [0.4, 0.5) is 0 Å². The molecule has 0 spiro atoms. The van der Waals surface area contributed by atoms with Gasteiger partial charge in [0, 0.05) is 55.7 Å². The highest BCUT2D eigenvalue weighted by molar-refractivity contribution is 7.99. The highest BCUT2D eigenvalue weighted by atomic mass is 32.2. The molecule has 30 heteroatoms. The number of hydrogen-bond donors (Lipinski definition) is 17. The molecule has 21 N–H and O–H groups in total. The number of aromatic nitrogens is 1. The predicted octanol–water partition coefficient (Wildman–Crippen LogP) is -1.35. The van der Waals surface area contributed by atoms with Crippen LogP contribution in [0.3, 0.4) is 0 Å². The van der Waals surface area contributed by atoms with E-state index in [-0.39, 0.29) is 81.0 Å². The number of aromatic amines is 1. The lowest BCUT2D eigenvalue weighted by molar-refractivity contribution is -0.143. The Kier molecular flexibility index (Phi) is 32.7. The smallest absolute Gasteiger partial charge is 0.245 e. The van der Waals surface area contributed by atoms with Gasteiger partial charge in [-0.25, -0.2) is 0 Å². The second-order valence-electron chi connectivity index (χ2n) is 23.9. The fourth-order valence-electron chi connectivity index (χ4n) is 10.7. The summed E-state index contributed by atoms with van der Waals surface area (Å²) in [5.41, 5.74) is 31.3. The van der Waals surface area contributed by atoms with E-state index >= 15 is 14.4 Å². The van der Waals surface area contributed by atoms with Crippen LogP contribution in [-0.4, -0.2) is 191 Å². The summed E-state index contributed by atoms with van der Waals surface area (Å²) in [6.07, 6.45) is 4.44. The Hall–Kier alpha value is -8.29. The van der Waals surface area contributed by atoms with Crippen LogP contribution in [0.25, 0.3) is 10.9 Å². The second-order valence-corrected chi connectivity index (χ2v) is 25.4. The zero-order valence-corrected chi connectivity index (χ0v) is 55.9. The molecule has 1 aliphatic rings. The van der Waals surface area contributed by atoms with Crippen molar-refractivity contribution in [2.24, 2.45) is 34.6 Å². The molecule has 0 radical (unpaired) electrons. The minimum Gasteiger partial charge on any atom is -0.508 e. The fraction of sp³-hybridized carbons (Fsp3) is 0.523. The molecule has 1 aromatic heterocycles. The van der Waals surface area contributed by atoms with Crippen molar-refractivity contribution in [3.63, 3.8) is 0 Å². The third-order valence-corrected chi connectivity index (χ3v) is 17.6. The Morgan fingerprint density at radius 1 is 0.579 bits per heavy atom. The number of rotatable bonds is 34. The molecule has 2 heterocycles. The predicted molar refractivity (Wildman–Crippen MR) is 365 cm³/mol. The molecular weight excluding hydrogens is 1260 g/mol. The van der Waals surface area contributed by atoms with Crippen molar-refractivity contribution < 1.29 is 57.8 Å². The van der Waals surface area contributed by atoms with Gasteiger partial charge in [0.15, 0.2) is 0 Å². The van der Waals surface area contributed by atoms with Crippen LogP contribution in [-0.2, 0) is 72.0 Å². The van der Waals surface area contributed by atoms with Gasteiger partial charge in [0.2, 0.25) is 65.0 Å². The maximum Gasteiger partial charge on any atom is 0.245 e. The number of amides is 11. The number of primary amides is 1. The number of hydrogen-bond acceptors (Lipinski definition) is 18. The molecule has 0 unspecified atom stereocenters. The van der Waals surface area contributed by atoms with E-state index in [2.05, 4.69) is 65.5 Å². The molecular formula is C65H96N16O12S2. The van der Waals surface area contributed by atoms with Crippen LogP contribution < -0.4 is 76.5 Å². The van der Waals surface area contributed by atoms with Crippen molar-refractivity contribution in [3.8, 4) is 5.75 Å². The summed E-state index contributed by atoms with van der Waals surface area (Å²) in [6, 6.07) is 9.17. The number of benzene rings is 3. The number of thioether (sulfide) groups is 1. The van der Waals surface area contributed by atoms with Gasteiger partial charge in [0.1, 0.15) is 66.2 Å². The quantitative estimate of drug-likeness (QED) is 0.0190. The van der Waals surface area contributed by atoms with Crippen LogP contribution in [0.2, 0.25) is 0 Å². The third-order valence-electron chi connectivity index (χ3n) is 16.2. The van der Waals surface area contributed by atoms with Crippen LogP contribution in [0.5, 0.6) is 5.75 Å². The van der Waals surface area contributed by atoms with E-state index in [1.807, 2.05) is 24.3 Å². The first-order chi connectivity index (χ1) is 45.5. The summed E-state index contributed by atoms with van der Waals surface area (Å²) in [6.45, 7) is 3.88. The Morgan fingerprint density at radius 2 is 1.12 bits per heavy atom. The van der Waals surface area contributed by atoms with Crippen molar-refractivity contribution >= 4 is 100 Å². The SMILES string of the molecule is CC(C)[C@@H]1NC(=O)[C@H](CCCCN)NC(=O)[C@@H](Cc2c[nH]c3ccccc23)NC(=O)[C@H](Cc2ccc(O)cc2)NC(=O)[C@H](Cc2ccccc2)N(C)C(=O)[C@H](CCSCC(=O)N[C@@H](CN)C(=O)N[C@@H](CCCCN)C(=O)N[C@H](CS)C(=O)N[C@@H](CCCCN)C(N)=O)NC1=O. The lowest BCUT2D eigenvalue weighted by Crippen LogP contribution is -2.62. The molecule has 0 saturated carbocycles. The number of nitrogens with zero attached hydrogens (tertiary/aromatic N) is 1. The molecule has 5 rings (SSSR count). The van der Waals surface area contributed by atoms with E-state index in [4.69, 9.17) is 28.7 Å². The summed E-state index contributed by atoms with van der Waals surface area (Å²) in [5.74, 6) is -9.47. The van der Waals surface area contributed by atoms with Gasteiger partial charge >= 0.3 is 0 Å². The summed E-state index contributed by atoms with van der Waals surface area (Å²) in [4.78, 5) is 161. The van der Waals surface area contributed by atoms with Crippen LogP contribution in [0.15, 0.2) is 85.1 Å². The number of nitrogens with two attached hydrogens (primary N) is 5. The lowest BCUT2D eigenvalue weighted by Gasteiger charge is -2.34. The van der Waals surface area contributed by atoms with Crippen LogP contribution in [0.1, 0.15) is 94.7 Å². The largest absolute Gasteiger partial charge is 0.508 e. The monoisotopic (exact) mass is 1360 g/mol. The number of unbranched alkanes of at least 4 members (excludes halogenated alkanes) is 3. The van der Waals surface area contributed by atoms with E-state index in [0.29, 0.717) is 61.8 Å². The molecule has 10 atom stereocenters. The summed E-state index contributed by atoms with van der Waals surface area (Å²) in [5, 5.41) is 35.5. The number of aromatic hydroxyl groups is 1. The number of thiol groups is 1. The van der Waals surface area contributed by atoms with E-state index < -0.39 is 138 Å². The van der Waals surface area contributed by atoms with E-state index in [0.717, 1.165) is 22.7 Å². The Morgan fingerprint density at radius 3 is 1.75 bits per heavy atom. The summed E-state index contributed by atoms with van der Waals surface area (Å²) < 4.78 is 0. The average Bonchev–Trinajstić information content (AvgIpc) is 1.91. The molecule has 95 heavy (non-hydrogen) atoms. The number of nitrogens with one attached hydrogen (secondary N) is 10. The number of carbonyl (C=O) groups excluding carboxylic acids is 11. The molecule has 11 amide bonds. The van der Waals surface area contributed by atoms with Gasteiger partial charge < -0.3 is 91.5 Å². The number of carbonyl (C=O) groups is 11. The van der Waals surface area contributed by atoms with Gasteiger partial charge in [0.05, 0.1) is 5.75 Å². The normalized spacial score (nSPS) is 19.7. The molecule has 1 saturated heterocycles. The van der Waals surface area contributed by atoms with Crippen molar-refractivity contribution in [1.82, 2.24) is 57.7 Å². The van der Waals surface area contributed by atoms with Gasteiger partial charge in [-0.15, -0.1) is 0 Å². The maximum atomic E-state index is 15.2. The maximum absolute atomic E-state index is 15.2. The molecule has 1 aliphatic heterocycles. The Labute approximate surface area is 563 Å². The van der Waals surface area contributed by atoms with E-state index in [1.165, 1.54) is 24.1 Å². The van der Waals surface area contributed by atoms with Crippen LogP contribution in [0, 0.1) is 5.92 Å². The Balaban J connectivity index is 1.43. The molecule has 520 valence electrons. The van der Waals surface area contributed by atoms with Gasteiger partial charge in [-0.05, 0) is 130 Å². The second kappa shape index (κ2) is 40.2. The first-order valence-corrected chi connectivity index (χ1v) is 33.9. The average molecular weight is 1360 g/mol. The van der Waals surface area contributed by atoms with Crippen LogP contribution >= 0.6 is 24.4 Å². The standard InChI is InChI=1S/C65H96N16O12S2/c1-38(2)55-64(92)76-48(26-30-95-37-54(83)72-51(34-69)61(89)75-46(20-10-13-28-67)57(85)79-52(36-94)62(90)73-45(56(70)84)19-9-12-27-66)65(93)81(3)53(32-39-15-5-4-6-16-39)63(91)78-49(31-40-22-24-42(82)25-23-40)59(87)77-50(33-41-35-71-44-18-8-7-17-43(41)44)60(88)74-47(58(86)80-55)21-11-14-29-68/h4-8,15-18,22-25,35,38,45-53,55,71,82,94H,9-14,19-21,26-34,36-37,66-69H2,1-3H3,(H2,70,84)(H,72,83)(H,73,90)(H,74,88)(H,75,89)(H,76,92)(H,77,87)(H,78,91)(H,79,85)(H,80,86)/t45-,46-,47-,48-,49-,50+,51-,52+,53-,55-/m0/s1. The first-order valence-electron chi connectivity index (χ1n) is 32.2. The topological polar surface area (TPSA) is 465 Å². The van der Waals surface area contributed by atoms with E-state index in [9.17, 15) is 43.5 Å². The molecule has 28 nitrogen and oxygen atoms in total. The van der Waals surface area contributed by atoms with Crippen molar-refractivity contribution in [2.75, 3.05) is 50.5 Å². The van der Waals surface area contributed by atoms with E-state index in [1.54, 1.807) is 62.5 Å². The lowest BCUT2D eigenvalue weighted by atomic mass is 9.98. The highest BCUT2D eigenvalue weighted by Crippen LogP contribution is 2.22. The summed E-state index contributed by atoms with van der Waals surface area (Å²) >= 11 is 5.26. The van der Waals surface area contributed by atoms with Gasteiger partial charge in [-0.3, -0.25) is 52.7 Å². The number of likely N-dealkylation sites (N-methyl/N-ethyl adjacent to an activating group) is 1. The van der Waals surface area contributed by atoms with Crippen molar-refractivity contribution in [3.05, 3.63) is 102 Å². The molecule has 0 aliphatic carbocycles. The zero-order valence-electron chi connectivity index (χ0n) is 54.2. The number of phenolic OH excluding ortho intramolecular Hbond substituents is 1. The highest BCUT2D eigenvalue weighted by Gasteiger charge is 2.39. The number of para-hydroxylation sites is 1. The van der Waals surface area contributed by atoms with Gasteiger partial charge in [0.25, 0.3) is 0 Å². The van der Waals surface area contributed by atoms with Crippen molar-refractivity contribution in [1.29, 1.82) is 0 Å². The van der Waals surface area contributed by atoms with Gasteiger partial charge in [-0.1, -0.05) is 74.5 Å². The molecule has 3 aromatic carbocycles. The van der Waals surface area contributed by atoms with Gasteiger partial charge in [-0.2, -0.15) is 24.4 Å². The summed E-state index contributed by atoms with van der Waals surface area (Å²) in [7, 11) is 1.38. The first kappa shape index (κ1) is 77.4. The molecule has 0 bridgehead atoms. The van der Waals surface area contributed by atoms with Crippen molar-refractivity contribution in [2.45, 2.75) is 158 Å². The molecule has 4 aromatic rings.